The Morgan fingerprint density at radius 1 is 1.16 bits per heavy atom. The van der Waals surface area contributed by atoms with Crippen LogP contribution in [0.1, 0.15) is 38.7 Å². The molecule has 2 heteroatoms. The zero-order chi connectivity index (χ0) is 13.7. The van der Waals surface area contributed by atoms with E-state index in [2.05, 4.69) is 13.8 Å². The first-order valence-electron chi connectivity index (χ1n) is 6.99. The molecule has 0 amide bonds. The van der Waals surface area contributed by atoms with Gasteiger partial charge in [0.15, 0.2) is 0 Å². The predicted molar refractivity (Wildman–Crippen MR) is 75.8 cm³/mol. The van der Waals surface area contributed by atoms with E-state index in [1.54, 1.807) is 7.11 Å². The zero-order valence-electron chi connectivity index (χ0n) is 11.9. The van der Waals surface area contributed by atoms with Gasteiger partial charge in [0, 0.05) is 7.11 Å². The maximum absolute atomic E-state index is 11.4. The highest BCUT2D eigenvalue weighted by Gasteiger charge is 2.61. The van der Waals surface area contributed by atoms with Crippen molar-refractivity contribution in [1.82, 2.24) is 0 Å². The average Bonchev–Trinajstić information content (AvgIpc) is 2.76. The third-order valence-corrected chi connectivity index (χ3v) is 5.43. The van der Waals surface area contributed by atoms with Gasteiger partial charge in [-0.2, -0.15) is 0 Å². The van der Waals surface area contributed by atoms with Crippen molar-refractivity contribution in [3.8, 4) is 0 Å². The topological polar surface area (TPSA) is 29.5 Å². The molecule has 1 fully saturated rings. The van der Waals surface area contributed by atoms with E-state index in [-0.39, 0.29) is 5.41 Å². The molecule has 3 atom stereocenters. The Morgan fingerprint density at radius 2 is 1.84 bits per heavy atom. The minimum atomic E-state index is -1.01. The van der Waals surface area contributed by atoms with Crippen molar-refractivity contribution in [1.29, 1.82) is 0 Å². The fraction of sp³-hybridized carbons (Fsp3) is 0.529. The molecule has 2 nitrogen and oxygen atoms in total. The molecular weight excluding hydrogens is 236 g/mol. The first kappa shape index (κ1) is 12.9. The van der Waals surface area contributed by atoms with Gasteiger partial charge in [0.1, 0.15) is 11.2 Å². The lowest BCUT2D eigenvalue weighted by molar-refractivity contribution is -0.155. The van der Waals surface area contributed by atoms with E-state index >= 15 is 0 Å². The number of hydrogen-bond acceptors (Lipinski definition) is 2. The number of benzene rings is 1. The van der Waals surface area contributed by atoms with E-state index in [1.165, 1.54) is 5.57 Å². The van der Waals surface area contributed by atoms with Gasteiger partial charge < -0.3 is 9.84 Å². The molecule has 0 heterocycles. The van der Waals surface area contributed by atoms with E-state index in [0.29, 0.717) is 0 Å². The van der Waals surface area contributed by atoms with E-state index in [1.807, 2.05) is 36.4 Å². The lowest BCUT2D eigenvalue weighted by Gasteiger charge is -2.47. The Morgan fingerprint density at radius 3 is 2.47 bits per heavy atom. The summed E-state index contributed by atoms with van der Waals surface area (Å²) in [4.78, 5) is 0. The van der Waals surface area contributed by atoms with Crippen LogP contribution < -0.4 is 0 Å². The quantitative estimate of drug-likeness (QED) is 0.824. The number of rotatable bonds is 2. The number of aliphatic hydroxyl groups is 1. The molecule has 3 rings (SSSR count). The van der Waals surface area contributed by atoms with E-state index in [4.69, 9.17) is 4.74 Å². The fourth-order valence-corrected chi connectivity index (χ4v) is 3.93. The Kier molecular flexibility index (Phi) is 2.67. The summed E-state index contributed by atoms with van der Waals surface area (Å²) in [5.41, 5.74) is 0.895. The van der Waals surface area contributed by atoms with Crippen molar-refractivity contribution in [3.63, 3.8) is 0 Å². The molecule has 2 aliphatic carbocycles. The molecule has 0 spiro atoms. The predicted octanol–water partition coefficient (Wildman–Crippen LogP) is 3.41. The molecule has 0 aliphatic heterocycles. The molecule has 1 N–H and O–H groups in total. The summed E-state index contributed by atoms with van der Waals surface area (Å²) in [5, 5.41) is 11.4. The second-order valence-electron chi connectivity index (χ2n) is 6.40. The van der Waals surface area contributed by atoms with Crippen LogP contribution in [0, 0.1) is 5.41 Å². The molecule has 2 bridgehead atoms. The lowest BCUT2D eigenvalue weighted by atomic mass is 9.66. The van der Waals surface area contributed by atoms with Crippen LogP contribution in [0.4, 0.5) is 0 Å². The molecule has 102 valence electrons. The van der Waals surface area contributed by atoms with Crippen molar-refractivity contribution < 1.29 is 9.84 Å². The van der Waals surface area contributed by atoms with Crippen molar-refractivity contribution in [3.05, 3.63) is 47.5 Å². The highest BCUT2D eigenvalue weighted by Crippen LogP contribution is 2.61. The maximum atomic E-state index is 11.4. The molecule has 19 heavy (non-hydrogen) atoms. The molecule has 1 saturated carbocycles. The van der Waals surface area contributed by atoms with Crippen LogP contribution in [0.3, 0.4) is 0 Å². The Labute approximate surface area is 115 Å². The summed E-state index contributed by atoms with van der Waals surface area (Å²) in [5.74, 6) is 0. The molecule has 0 radical (unpaired) electrons. The standard InChI is InChI=1S/C17H22O2/c1-13-11-17(18,14-7-5-4-6-8-14)16(19-3)10-9-15(13,2)12-16/h4-8,11,18H,9-10,12H2,1-3H3/t15-,16-,17+/m0/s1. The molecule has 0 saturated heterocycles. The fourth-order valence-electron chi connectivity index (χ4n) is 3.93. The van der Waals surface area contributed by atoms with E-state index in [0.717, 1.165) is 24.8 Å². The van der Waals surface area contributed by atoms with Gasteiger partial charge in [-0.3, -0.25) is 0 Å². The number of allylic oxidation sites excluding steroid dienone is 1. The van der Waals surface area contributed by atoms with Crippen molar-refractivity contribution in [2.45, 2.75) is 44.3 Å². The van der Waals surface area contributed by atoms with Gasteiger partial charge in [-0.25, -0.2) is 0 Å². The van der Waals surface area contributed by atoms with Gasteiger partial charge >= 0.3 is 0 Å². The summed E-state index contributed by atoms with van der Waals surface area (Å²) >= 11 is 0. The van der Waals surface area contributed by atoms with Crippen LogP contribution in [0.2, 0.25) is 0 Å². The summed E-state index contributed by atoms with van der Waals surface area (Å²) < 4.78 is 5.86. The molecule has 1 aromatic carbocycles. The van der Waals surface area contributed by atoms with Gasteiger partial charge in [0.2, 0.25) is 0 Å². The SMILES string of the molecule is CO[C@@]12CC[C@@](C)(C1)C(C)=C[C@@]2(O)c1ccccc1. The van der Waals surface area contributed by atoms with Crippen molar-refractivity contribution >= 4 is 0 Å². The second kappa shape index (κ2) is 3.94. The average molecular weight is 258 g/mol. The first-order chi connectivity index (χ1) is 8.96. The van der Waals surface area contributed by atoms with Crippen LogP contribution in [-0.4, -0.2) is 17.8 Å². The van der Waals surface area contributed by atoms with E-state index in [9.17, 15) is 5.11 Å². The Hall–Kier alpha value is -1.12. The molecule has 1 aromatic rings. The Balaban J connectivity index is 2.20. The smallest absolute Gasteiger partial charge is 0.137 e. The van der Waals surface area contributed by atoms with Crippen LogP contribution in [-0.2, 0) is 10.3 Å². The van der Waals surface area contributed by atoms with Crippen LogP contribution in [0.25, 0.3) is 0 Å². The second-order valence-corrected chi connectivity index (χ2v) is 6.40. The summed E-state index contributed by atoms with van der Waals surface area (Å²) in [6, 6.07) is 9.91. The molecular formula is C17H22O2. The minimum Gasteiger partial charge on any atom is -0.378 e. The third-order valence-electron chi connectivity index (χ3n) is 5.43. The van der Waals surface area contributed by atoms with Crippen LogP contribution in [0.15, 0.2) is 42.0 Å². The van der Waals surface area contributed by atoms with Crippen molar-refractivity contribution in [2.75, 3.05) is 7.11 Å². The largest absolute Gasteiger partial charge is 0.378 e. The van der Waals surface area contributed by atoms with Crippen molar-refractivity contribution in [2.24, 2.45) is 5.41 Å². The van der Waals surface area contributed by atoms with Crippen LogP contribution in [0.5, 0.6) is 0 Å². The Bertz CT molecular complexity index is 521. The lowest BCUT2D eigenvalue weighted by Crippen LogP contribution is -2.53. The minimum absolute atomic E-state index is 0.178. The zero-order valence-corrected chi connectivity index (χ0v) is 11.9. The molecule has 0 aromatic heterocycles. The molecule has 2 aliphatic rings. The summed E-state index contributed by atoms with van der Waals surface area (Å²) in [6.07, 6.45) is 4.91. The number of fused-ring (bicyclic) bond motifs is 2. The summed E-state index contributed by atoms with van der Waals surface area (Å²) in [7, 11) is 1.73. The van der Waals surface area contributed by atoms with Gasteiger partial charge in [0.05, 0.1) is 0 Å². The van der Waals surface area contributed by atoms with Crippen LogP contribution >= 0.6 is 0 Å². The molecule has 0 unspecified atom stereocenters. The number of ether oxygens (including phenoxy) is 1. The van der Waals surface area contributed by atoms with Gasteiger partial charge in [0.25, 0.3) is 0 Å². The normalized spacial score (nSPS) is 41.2. The van der Waals surface area contributed by atoms with Gasteiger partial charge in [-0.15, -0.1) is 0 Å². The monoisotopic (exact) mass is 258 g/mol. The summed E-state index contributed by atoms with van der Waals surface area (Å²) in [6.45, 7) is 4.42. The highest BCUT2D eigenvalue weighted by molar-refractivity contribution is 5.40. The van der Waals surface area contributed by atoms with Gasteiger partial charge in [-0.05, 0) is 43.2 Å². The van der Waals surface area contributed by atoms with E-state index < -0.39 is 11.2 Å². The third kappa shape index (κ3) is 1.56. The maximum Gasteiger partial charge on any atom is 0.137 e. The first-order valence-corrected chi connectivity index (χ1v) is 6.99. The number of hydrogen-bond donors (Lipinski definition) is 1. The van der Waals surface area contributed by atoms with Gasteiger partial charge in [-0.1, -0.05) is 42.8 Å². The number of methoxy groups -OCH3 is 1. The highest BCUT2D eigenvalue weighted by atomic mass is 16.5.